The van der Waals surface area contributed by atoms with Gasteiger partial charge in [-0.3, -0.25) is 9.59 Å². The molecule has 3 aromatic rings. The van der Waals surface area contributed by atoms with Gasteiger partial charge in [0.1, 0.15) is 17.2 Å². The van der Waals surface area contributed by atoms with E-state index in [1.165, 1.54) is 4.90 Å². The Morgan fingerprint density at radius 2 is 1.48 bits per heavy atom. The molecule has 0 saturated carbocycles. The van der Waals surface area contributed by atoms with Crippen LogP contribution in [0.5, 0.6) is 11.5 Å². The van der Waals surface area contributed by atoms with Crippen molar-refractivity contribution in [3.63, 3.8) is 0 Å². The second kappa shape index (κ2) is 9.20. The summed E-state index contributed by atoms with van der Waals surface area (Å²) < 4.78 is 10.7. The molecule has 6 heteroatoms. The van der Waals surface area contributed by atoms with Crippen LogP contribution in [0.4, 0.5) is 11.4 Å². The number of rotatable bonds is 7. The number of amides is 2. The Kier molecular flexibility index (Phi) is 6.18. The fraction of sp³-hybridized carbons (Fsp3) is 0.185. The Morgan fingerprint density at radius 1 is 0.818 bits per heavy atom. The van der Waals surface area contributed by atoms with Gasteiger partial charge in [0, 0.05) is 5.69 Å². The fourth-order valence-electron chi connectivity index (χ4n) is 3.73. The average molecular weight is 443 g/mol. The van der Waals surface area contributed by atoms with E-state index in [-0.39, 0.29) is 11.6 Å². The highest BCUT2D eigenvalue weighted by Crippen LogP contribution is 2.35. The lowest BCUT2D eigenvalue weighted by Crippen LogP contribution is -2.32. The van der Waals surface area contributed by atoms with Gasteiger partial charge in [0.15, 0.2) is 0 Å². The van der Waals surface area contributed by atoms with Crippen molar-refractivity contribution in [3.05, 3.63) is 89.1 Å². The van der Waals surface area contributed by atoms with E-state index in [1.807, 2.05) is 39.0 Å². The predicted molar refractivity (Wildman–Crippen MR) is 130 cm³/mol. The van der Waals surface area contributed by atoms with Crippen molar-refractivity contribution in [3.8, 4) is 11.5 Å². The average Bonchev–Trinajstić information content (AvgIpc) is 3.06. The van der Waals surface area contributed by atoms with Gasteiger partial charge < -0.3 is 14.8 Å². The molecule has 1 aliphatic heterocycles. The van der Waals surface area contributed by atoms with Crippen LogP contribution >= 0.6 is 0 Å². The molecule has 0 bridgehead atoms. The van der Waals surface area contributed by atoms with Crippen molar-refractivity contribution >= 4 is 28.8 Å². The lowest BCUT2D eigenvalue weighted by atomic mass is 10.0. The zero-order valence-electron chi connectivity index (χ0n) is 19.1. The molecule has 0 aliphatic carbocycles. The molecule has 0 unspecified atom stereocenters. The summed E-state index contributed by atoms with van der Waals surface area (Å²) in [6, 6.07) is 19.9. The van der Waals surface area contributed by atoms with E-state index in [1.54, 1.807) is 55.6 Å². The first-order valence-corrected chi connectivity index (χ1v) is 10.8. The van der Waals surface area contributed by atoms with Gasteiger partial charge in [-0.2, -0.15) is 0 Å². The second-order valence-electron chi connectivity index (χ2n) is 7.78. The third kappa shape index (κ3) is 4.32. The number of carbonyl (C=O) groups is 2. The standard InChI is InChI=1S/C27H26N2O4/c1-5-33-23-12-7-19(8-13-23)24-25(28-20-9-6-17(2)18(3)16-20)27(31)29(26(24)30)21-10-14-22(32-4)15-11-21/h6-16,28H,5H2,1-4H3. The number of aryl methyl sites for hydroxylation is 2. The van der Waals surface area contributed by atoms with E-state index in [0.717, 1.165) is 16.8 Å². The van der Waals surface area contributed by atoms with Gasteiger partial charge in [-0.15, -0.1) is 0 Å². The van der Waals surface area contributed by atoms with E-state index in [4.69, 9.17) is 9.47 Å². The molecule has 2 amide bonds. The maximum atomic E-state index is 13.5. The largest absolute Gasteiger partial charge is 0.497 e. The normalized spacial score (nSPS) is 13.5. The summed E-state index contributed by atoms with van der Waals surface area (Å²) in [6.07, 6.45) is 0. The van der Waals surface area contributed by atoms with Crippen molar-refractivity contribution in [2.45, 2.75) is 20.8 Å². The first-order chi connectivity index (χ1) is 15.9. The van der Waals surface area contributed by atoms with Gasteiger partial charge in [-0.05, 0) is 86.0 Å². The Morgan fingerprint density at radius 3 is 2.09 bits per heavy atom. The Hall–Kier alpha value is -4.06. The molecule has 4 rings (SSSR count). The molecular formula is C27H26N2O4. The summed E-state index contributed by atoms with van der Waals surface area (Å²) in [7, 11) is 1.57. The van der Waals surface area contributed by atoms with Crippen LogP contribution in [0.3, 0.4) is 0 Å². The Bertz CT molecular complexity index is 1230. The van der Waals surface area contributed by atoms with Crippen molar-refractivity contribution in [2.24, 2.45) is 0 Å². The predicted octanol–water partition coefficient (Wildman–Crippen LogP) is 5.11. The molecule has 6 nitrogen and oxygen atoms in total. The van der Waals surface area contributed by atoms with Gasteiger partial charge >= 0.3 is 0 Å². The molecule has 0 fully saturated rings. The maximum absolute atomic E-state index is 13.5. The number of hydrogen-bond donors (Lipinski definition) is 1. The third-order valence-electron chi connectivity index (χ3n) is 5.64. The Balaban J connectivity index is 1.78. The van der Waals surface area contributed by atoms with Crippen LogP contribution in [-0.2, 0) is 9.59 Å². The molecular weight excluding hydrogens is 416 g/mol. The molecule has 0 radical (unpaired) electrons. The molecule has 1 N–H and O–H groups in total. The number of methoxy groups -OCH3 is 1. The highest BCUT2D eigenvalue weighted by Gasteiger charge is 2.40. The molecule has 1 aliphatic rings. The maximum Gasteiger partial charge on any atom is 0.282 e. The van der Waals surface area contributed by atoms with E-state index >= 15 is 0 Å². The number of anilines is 2. The smallest absolute Gasteiger partial charge is 0.282 e. The third-order valence-corrected chi connectivity index (χ3v) is 5.64. The summed E-state index contributed by atoms with van der Waals surface area (Å²) >= 11 is 0. The van der Waals surface area contributed by atoms with E-state index in [9.17, 15) is 9.59 Å². The SMILES string of the molecule is CCOc1ccc(C2=C(Nc3ccc(C)c(C)c3)C(=O)N(c3ccc(OC)cc3)C2=O)cc1. The molecule has 1 heterocycles. The van der Waals surface area contributed by atoms with Gasteiger partial charge in [0.25, 0.3) is 11.8 Å². The minimum Gasteiger partial charge on any atom is -0.497 e. The van der Waals surface area contributed by atoms with Crippen molar-refractivity contribution in [1.82, 2.24) is 0 Å². The monoisotopic (exact) mass is 442 g/mol. The van der Waals surface area contributed by atoms with Crippen LogP contribution in [0.2, 0.25) is 0 Å². The topological polar surface area (TPSA) is 67.9 Å². The molecule has 0 saturated heterocycles. The van der Waals surface area contributed by atoms with Crippen LogP contribution in [0.15, 0.2) is 72.4 Å². The highest BCUT2D eigenvalue weighted by atomic mass is 16.5. The quantitative estimate of drug-likeness (QED) is 0.515. The summed E-state index contributed by atoms with van der Waals surface area (Å²) in [5.74, 6) is 0.549. The zero-order valence-corrected chi connectivity index (χ0v) is 19.1. The van der Waals surface area contributed by atoms with Gasteiger partial charge in [-0.1, -0.05) is 18.2 Å². The number of ether oxygens (including phenoxy) is 2. The molecule has 3 aromatic carbocycles. The number of imide groups is 1. The van der Waals surface area contributed by atoms with Crippen molar-refractivity contribution in [2.75, 3.05) is 23.9 Å². The summed E-state index contributed by atoms with van der Waals surface area (Å²) in [5, 5.41) is 3.21. The lowest BCUT2D eigenvalue weighted by Gasteiger charge is -2.16. The van der Waals surface area contributed by atoms with Crippen LogP contribution in [0.1, 0.15) is 23.6 Å². The zero-order chi connectivity index (χ0) is 23.5. The first kappa shape index (κ1) is 22.1. The van der Waals surface area contributed by atoms with Gasteiger partial charge in [-0.25, -0.2) is 4.90 Å². The molecule has 168 valence electrons. The van der Waals surface area contributed by atoms with E-state index in [2.05, 4.69) is 5.32 Å². The van der Waals surface area contributed by atoms with Crippen LogP contribution < -0.4 is 19.7 Å². The molecule has 0 atom stereocenters. The van der Waals surface area contributed by atoms with Gasteiger partial charge in [0.05, 0.1) is 25.0 Å². The summed E-state index contributed by atoms with van der Waals surface area (Å²) in [6.45, 7) is 6.49. The number of nitrogens with one attached hydrogen (secondary N) is 1. The van der Waals surface area contributed by atoms with Crippen molar-refractivity contribution < 1.29 is 19.1 Å². The summed E-state index contributed by atoms with van der Waals surface area (Å²) in [4.78, 5) is 28.2. The number of hydrogen-bond acceptors (Lipinski definition) is 5. The van der Waals surface area contributed by atoms with E-state index < -0.39 is 5.91 Å². The second-order valence-corrected chi connectivity index (χ2v) is 7.78. The molecule has 0 aromatic heterocycles. The van der Waals surface area contributed by atoms with Crippen LogP contribution in [0, 0.1) is 13.8 Å². The molecule has 0 spiro atoms. The van der Waals surface area contributed by atoms with Crippen molar-refractivity contribution in [1.29, 1.82) is 0 Å². The fourth-order valence-corrected chi connectivity index (χ4v) is 3.73. The minimum atomic E-state index is -0.410. The molecule has 33 heavy (non-hydrogen) atoms. The van der Waals surface area contributed by atoms with Crippen LogP contribution in [-0.4, -0.2) is 25.5 Å². The van der Waals surface area contributed by atoms with E-state index in [0.29, 0.717) is 34.9 Å². The van der Waals surface area contributed by atoms with Crippen LogP contribution in [0.25, 0.3) is 5.57 Å². The number of nitrogens with zero attached hydrogens (tertiary/aromatic N) is 1. The van der Waals surface area contributed by atoms with Gasteiger partial charge in [0.2, 0.25) is 0 Å². The number of benzene rings is 3. The highest BCUT2D eigenvalue weighted by molar-refractivity contribution is 6.46. The Labute approximate surface area is 193 Å². The lowest BCUT2D eigenvalue weighted by molar-refractivity contribution is -0.120. The summed E-state index contributed by atoms with van der Waals surface area (Å²) in [5.41, 5.74) is 4.65. The number of carbonyl (C=O) groups excluding carboxylic acids is 2. The first-order valence-electron chi connectivity index (χ1n) is 10.8. The minimum absolute atomic E-state index is 0.239.